The molecule has 0 fully saturated rings. The van der Waals surface area contributed by atoms with Crippen LogP contribution in [0.4, 0.5) is 52.7 Å². The van der Waals surface area contributed by atoms with Crippen LogP contribution in [-0.2, 0) is 9.53 Å². The lowest BCUT2D eigenvalue weighted by atomic mass is 9.86. The van der Waals surface area contributed by atoms with E-state index in [-0.39, 0.29) is 0 Å². The quantitative estimate of drug-likeness (QED) is 0.313. The third kappa shape index (κ3) is 6.17. The van der Waals surface area contributed by atoms with Crippen molar-refractivity contribution in [1.29, 1.82) is 0 Å². The van der Waals surface area contributed by atoms with Crippen molar-refractivity contribution in [2.45, 2.75) is 68.7 Å². The van der Waals surface area contributed by atoms with Gasteiger partial charge in [-0.2, -0.15) is 52.7 Å². The van der Waals surface area contributed by atoms with Crippen molar-refractivity contribution in [3.05, 3.63) is 12.2 Å². The van der Waals surface area contributed by atoms with Gasteiger partial charge in [-0.15, -0.1) is 0 Å². The number of ether oxygens (including phenoxy) is 1. The molecule has 0 radical (unpaired) electrons. The summed E-state index contributed by atoms with van der Waals surface area (Å²) in [6.45, 7) is 5.37. The molecule has 0 heterocycles. The molecule has 0 aliphatic carbocycles. The number of rotatable bonds is 7. The third-order valence-electron chi connectivity index (χ3n) is 4.15. The van der Waals surface area contributed by atoms with Crippen molar-refractivity contribution >= 4 is 5.97 Å². The number of halogens is 12. The Morgan fingerprint density at radius 3 is 1.19 bits per heavy atom. The van der Waals surface area contributed by atoms with E-state index < -0.39 is 72.3 Å². The number of hydrogen-bond acceptors (Lipinski definition) is 4. The average molecular weight is 488 g/mol. The fourth-order valence-electron chi connectivity index (χ4n) is 2.06. The molecule has 16 heteroatoms. The molecule has 2 N–H and O–H groups in total. The molecule has 184 valence electrons. The lowest BCUT2D eigenvalue weighted by molar-refractivity contribution is -0.386. The number of aliphatic hydroxyl groups is 2. The SMILES string of the molecule is C=C(C(=O)OC(CC(O)(C(F)(F)F)C(F)(F)F)CC(O)(C(F)(F)F)C(F)(F)F)C(C)C. The van der Waals surface area contributed by atoms with Gasteiger partial charge in [0.15, 0.2) is 0 Å². The molecule has 0 saturated carbocycles. The predicted molar refractivity (Wildman–Crippen MR) is 77.2 cm³/mol. The van der Waals surface area contributed by atoms with Crippen molar-refractivity contribution in [1.82, 2.24) is 0 Å². The molecular weight excluding hydrogens is 472 g/mol. The van der Waals surface area contributed by atoms with Gasteiger partial charge in [0.05, 0.1) is 0 Å². The van der Waals surface area contributed by atoms with Gasteiger partial charge in [-0.3, -0.25) is 0 Å². The van der Waals surface area contributed by atoms with Gasteiger partial charge in [0.25, 0.3) is 11.2 Å². The molecule has 0 spiro atoms. The maximum atomic E-state index is 12.9. The Morgan fingerprint density at radius 2 is 1.00 bits per heavy atom. The van der Waals surface area contributed by atoms with Crippen molar-refractivity contribution < 1.29 is 72.4 Å². The summed E-state index contributed by atoms with van der Waals surface area (Å²) in [5, 5.41) is 18.2. The minimum atomic E-state index is -6.65. The summed E-state index contributed by atoms with van der Waals surface area (Å²) >= 11 is 0. The van der Waals surface area contributed by atoms with E-state index in [4.69, 9.17) is 10.2 Å². The van der Waals surface area contributed by atoms with Gasteiger partial charge >= 0.3 is 30.7 Å². The normalized spacial score (nSPS) is 14.9. The summed E-state index contributed by atoms with van der Waals surface area (Å²) in [6.07, 6.45) is -36.2. The highest BCUT2D eigenvalue weighted by atomic mass is 19.4. The first-order valence-electron chi connectivity index (χ1n) is 7.93. The topological polar surface area (TPSA) is 66.8 Å². The molecule has 0 unspecified atom stereocenters. The van der Waals surface area contributed by atoms with Crippen molar-refractivity contribution in [3.63, 3.8) is 0 Å². The highest BCUT2D eigenvalue weighted by Gasteiger charge is 2.74. The van der Waals surface area contributed by atoms with Crippen LogP contribution in [0.15, 0.2) is 12.2 Å². The molecule has 0 atom stereocenters. The molecule has 4 nitrogen and oxygen atoms in total. The highest BCUT2D eigenvalue weighted by molar-refractivity contribution is 5.88. The second kappa shape index (κ2) is 8.67. The molecule has 0 amide bonds. The van der Waals surface area contributed by atoms with Gasteiger partial charge < -0.3 is 14.9 Å². The first-order valence-corrected chi connectivity index (χ1v) is 7.93. The summed E-state index contributed by atoms with van der Waals surface area (Å²) < 4.78 is 158. The Balaban J connectivity index is 6.49. The minimum Gasteiger partial charge on any atom is -0.459 e. The molecule has 0 aliphatic heterocycles. The number of hydrogen-bond donors (Lipinski definition) is 2. The number of esters is 1. The molecule has 0 bridgehead atoms. The summed E-state index contributed by atoms with van der Waals surface area (Å²) in [4.78, 5) is 11.8. The molecule has 0 aliphatic rings. The molecule has 0 aromatic rings. The standard InChI is InChI=1S/C15H16F12O4/c1-6(2)7(3)9(28)31-8(4-10(29,12(16,17)18)13(19,20)21)5-11(30,14(22,23)24)15(25,26)27/h6,8,29-30H,3-5H2,1-2H3. The largest absolute Gasteiger partial charge is 0.459 e. The Labute approximate surface area is 166 Å². The van der Waals surface area contributed by atoms with Crippen LogP contribution in [0.5, 0.6) is 0 Å². The van der Waals surface area contributed by atoms with Crippen molar-refractivity contribution in [2.75, 3.05) is 0 Å². The zero-order chi connectivity index (χ0) is 25.4. The average Bonchev–Trinajstić information content (AvgIpc) is 2.49. The summed E-state index contributed by atoms with van der Waals surface area (Å²) in [5.74, 6) is -2.86. The van der Waals surface area contributed by atoms with Crippen LogP contribution in [0.25, 0.3) is 0 Å². The highest BCUT2D eigenvalue weighted by Crippen LogP contribution is 2.50. The van der Waals surface area contributed by atoms with Crippen molar-refractivity contribution in [2.24, 2.45) is 5.92 Å². The van der Waals surface area contributed by atoms with E-state index in [2.05, 4.69) is 11.3 Å². The lowest BCUT2D eigenvalue weighted by Crippen LogP contribution is -2.62. The maximum absolute atomic E-state index is 12.9. The van der Waals surface area contributed by atoms with Gasteiger partial charge in [-0.25, -0.2) is 4.79 Å². The zero-order valence-corrected chi connectivity index (χ0v) is 15.5. The van der Waals surface area contributed by atoms with Crippen LogP contribution in [0.3, 0.4) is 0 Å². The summed E-state index contributed by atoms with van der Waals surface area (Å²) in [7, 11) is 0. The minimum absolute atomic E-state index is 0.727. The van der Waals surface area contributed by atoms with E-state index in [9.17, 15) is 57.5 Å². The molecular formula is C15H16F12O4. The Bertz CT molecular complexity index is 589. The molecule has 0 rings (SSSR count). The third-order valence-corrected chi connectivity index (χ3v) is 4.15. The second-order valence-corrected chi connectivity index (χ2v) is 6.83. The van der Waals surface area contributed by atoms with Crippen LogP contribution in [0, 0.1) is 5.92 Å². The summed E-state index contributed by atoms with van der Waals surface area (Å²) in [6, 6.07) is 0. The van der Waals surface area contributed by atoms with E-state index in [1.807, 2.05) is 0 Å². The van der Waals surface area contributed by atoms with E-state index >= 15 is 0 Å². The smallest absolute Gasteiger partial charge is 0.426 e. The Kier molecular flexibility index (Phi) is 8.19. The second-order valence-electron chi connectivity index (χ2n) is 6.83. The van der Waals surface area contributed by atoms with Crippen LogP contribution in [0.2, 0.25) is 0 Å². The van der Waals surface area contributed by atoms with Gasteiger partial charge in [-0.05, 0) is 5.92 Å². The van der Waals surface area contributed by atoms with E-state index in [1.54, 1.807) is 0 Å². The van der Waals surface area contributed by atoms with Gasteiger partial charge in [0.1, 0.15) is 6.10 Å². The van der Waals surface area contributed by atoms with Crippen LogP contribution in [-0.4, -0.2) is 58.2 Å². The molecule has 0 saturated heterocycles. The maximum Gasteiger partial charge on any atom is 0.426 e. The lowest BCUT2D eigenvalue weighted by Gasteiger charge is -2.38. The fourth-order valence-corrected chi connectivity index (χ4v) is 2.06. The first-order chi connectivity index (χ1) is 13.3. The zero-order valence-electron chi connectivity index (χ0n) is 15.5. The summed E-state index contributed by atoms with van der Waals surface area (Å²) in [5.41, 5.74) is -12.5. The van der Waals surface area contributed by atoms with Gasteiger partial charge in [0.2, 0.25) is 0 Å². The van der Waals surface area contributed by atoms with Crippen molar-refractivity contribution in [3.8, 4) is 0 Å². The van der Waals surface area contributed by atoms with Crippen LogP contribution < -0.4 is 0 Å². The number of carbonyl (C=O) groups is 1. The fraction of sp³-hybridized carbons (Fsp3) is 0.800. The van der Waals surface area contributed by atoms with Crippen LogP contribution in [0.1, 0.15) is 26.7 Å². The monoisotopic (exact) mass is 488 g/mol. The molecule has 0 aromatic carbocycles. The van der Waals surface area contributed by atoms with E-state index in [0.29, 0.717) is 0 Å². The van der Waals surface area contributed by atoms with E-state index in [0.717, 1.165) is 0 Å². The number of carbonyl (C=O) groups excluding carboxylic acids is 1. The van der Waals surface area contributed by atoms with Gasteiger partial charge in [-0.1, -0.05) is 20.4 Å². The van der Waals surface area contributed by atoms with Crippen LogP contribution >= 0.6 is 0 Å². The molecule has 0 aromatic heterocycles. The Hall–Kier alpha value is -1.71. The molecule has 31 heavy (non-hydrogen) atoms. The first kappa shape index (κ1) is 29.3. The van der Waals surface area contributed by atoms with Gasteiger partial charge in [0, 0.05) is 18.4 Å². The Morgan fingerprint density at radius 1 is 0.742 bits per heavy atom. The predicted octanol–water partition coefficient (Wildman–Crippen LogP) is 4.60. The number of alkyl halides is 12. The van der Waals surface area contributed by atoms with E-state index in [1.165, 1.54) is 13.8 Å².